The van der Waals surface area contributed by atoms with Crippen molar-refractivity contribution in [3.63, 3.8) is 0 Å². The van der Waals surface area contributed by atoms with E-state index in [1.807, 2.05) is 18.2 Å². The molecule has 2 N–H and O–H groups in total. The van der Waals surface area contributed by atoms with Gasteiger partial charge in [0.25, 0.3) is 5.91 Å². The number of anilines is 2. The summed E-state index contributed by atoms with van der Waals surface area (Å²) >= 11 is 0. The molecule has 5 heteroatoms. The molecule has 1 aromatic heterocycles. The van der Waals surface area contributed by atoms with Gasteiger partial charge in [-0.05, 0) is 24.1 Å². The Balaban J connectivity index is 1.97. The molecule has 0 spiro atoms. The average molecular weight is 240 g/mol. The van der Waals surface area contributed by atoms with Crippen LogP contribution in [0.25, 0.3) is 0 Å². The lowest BCUT2D eigenvalue weighted by atomic mass is 10.1. The molecule has 0 saturated carbocycles. The first-order valence-corrected chi connectivity index (χ1v) is 5.72. The number of carbonyl (C=O) groups excluding carboxylic acids is 1. The number of nitrogen functional groups attached to an aromatic ring is 1. The number of aromatic nitrogens is 2. The molecule has 2 heterocycles. The number of fused-ring (bicyclic) bond motifs is 1. The van der Waals surface area contributed by atoms with Crippen molar-refractivity contribution in [2.75, 3.05) is 17.2 Å². The highest BCUT2D eigenvalue weighted by Crippen LogP contribution is 2.30. The van der Waals surface area contributed by atoms with Gasteiger partial charge in [-0.25, -0.2) is 4.98 Å². The third-order valence-electron chi connectivity index (χ3n) is 3.03. The Morgan fingerprint density at radius 1 is 1.33 bits per heavy atom. The predicted molar refractivity (Wildman–Crippen MR) is 68.3 cm³/mol. The third-order valence-corrected chi connectivity index (χ3v) is 3.03. The molecule has 3 rings (SSSR count). The van der Waals surface area contributed by atoms with Crippen LogP contribution in [-0.2, 0) is 6.42 Å². The molecular weight excluding hydrogens is 228 g/mol. The van der Waals surface area contributed by atoms with Gasteiger partial charge in [-0.3, -0.25) is 9.78 Å². The second kappa shape index (κ2) is 4.10. The van der Waals surface area contributed by atoms with E-state index in [1.165, 1.54) is 12.4 Å². The summed E-state index contributed by atoms with van der Waals surface area (Å²) in [7, 11) is 0. The van der Waals surface area contributed by atoms with Crippen LogP contribution in [-0.4, -0.2) is 22.4 Å². The van der Waals surface area contributed by atoms with Crippen LogP contribution >= 0.6 is 0 Å². The van der Waals surface area contributed by atoms with E-state index in [9.17, 15) is 4.79 Å². The van der Waals surface area contributed by atoms with Gasteiger partial charge in [-0.2, -0.15) is 0 Å². The largest absolute Gasteiger partial charge is 0.399 e. The number of rotatable bonds is 1. The van der Waals surface area contributed by atoms with Crippen molar-refractivity contribution in [2.45, 2.75) is 6.42 Å². The minimum Gasteiger partial charge on any atom is -0.399 e. The predicted octanol–water partition coefficient (Wildman–Crippen LogP) is 1.26. The molecule has 90 valence electrons. The zero-order valence-electron chi connectivity index (χ0n) is 9.71. The monoisotopic (exact) mass is 240 g/mol. The molecule has 1 aliphatic heterocycles. The summed E-state index contributed by atoms with van der Waals surface area (Å²) in [6.07, 6.45) is 5.39. The van der Waals surface area contributed by atoms with Crippen LogP contribution in [0.5, 0.6) is 0 Å². The van der Waals surface area contributed by atoms with Gasteiger partial charge < -0.3 is 10.6 Å². The quantitative estimate of drug-likeness (QED) is 0.762. The molecular formula is C13H12N4O. The maximum Gasteiger partial charge on any atom is 0.278 e. The third kappa shape index (κ3) is 1.69. The van der Waals surface area contributed by atoms with E-state index in [-0.39, 0.29) is 5.91 Å². The molecule has 0 bridgehead atoms. The maximum atomic E-state index is 12.3. The first-order chi connectivity index (χ1) is 8.75. The standard InChI is InChI=1S/C13H12N4O/c14-10-2-1-9-3-6-17(12(9)7-10)13(18)11-8-15-4-5-16-11/h1-2,4-5,7-8H,3,6,14H2. The number of carbonyl (C=O) groups is 1. The second-order valence-electron chi connectivity index (χ2n) is 4.19. The minimum absolute atomic E-state index is 0.132. The Kier molecular flexibility index (Phi) is 2.44. The smallest absolute Gasteiger partial charge is 0.278 e. The van der Waals surface area contributed by atoms with Crippen LogP contribution < -0.4 is 10.6 Å². The second-order valence-corrected chi connectivity index (χ2v) is 4.19. The van der Waals surface area contributed by atoms with E-state index < -0.39 is 0 Å². The van der Waals surface area contributed by atoms with Gasteiger partial charge in [0.1, 0.15) is 5.69 Å². The first kappa shape index (κ1) is 10.7. The summed E-state index contributed by atoms with van der Waals surface area (Å²) in [6, 6.07) is 5.65. The Morgan fingerprint density at radius 3 is 3.00 bits per heavy atom. The molecule has 0 fully saturated rings. The summed E-state index contributed by atoms with van der Waals surface area (Å²) in [5, 5.41) is 0. The summed E-state index contributed by atoms with van der Waals surface area (Å²) in [5.41, 5.74) is 8.80. The summed E-state index contributed by atoms with van der Waals surface area (Å²) < 4.78 is 0. The molecule has 1 amide bonds. The summed E-state index contributed by atoms with van der Waals surface area (Å²) in [6.45, 7) is 0.661. The number of nitrogens with two attached hydrogens (primary N) is 1. The highest BCUT2D eigenvalue weighted by atomic mass is 16.2. The lowest BCUT2D eigenvalue weighted by Crippen LogP contribution is -2.29. The topological polar surface area (TPSA) is 72.1 Å². The highest BCUT2D eigenvalue weighted by Gasteiger charge is 2.26. The Labute approximate surface area is 104 Å². The molecule has 2 aromatic rings. The fraction of sp³-hybridized carbons (Fsp3) is 0.154. The zero-order chi connectivity index (χ0) is 12.5. The van der Waals surface area contributed by atoms with E-state index in [1.54, 1.807) is 11.1 Å². The average Bonchev–Trinajstić information content (AvgIpc) is 2.82. The lowest BCUT2D eigenvalue weighted by Gasteiger charge is -2.16. The van der Waals surface area contributed by atoms with Crippen LogP contribution in [0, 0.1) is 0 Å². The van der Waals surface area contributed by atoms with Gasteiger partial charge >= 0.3 is 0 Å². The number of nitrogens with zero attached hydrogens (tertiary/aromatic N) is 3. The Bertz CT molecular complexity index is 597. The molecule has 0 unspecified atom stereocenters. The van der Waals surface area contributed by atoms with Gasteiger partial charge in [-0.15, -0.1) is 0 Å². The van der Waals surface area contributed by atoms with E-state index in [0.717, 1.165) is 17.7 Å². The fourth-order valence-electron chi connectivity index (χ4n) is 2.16. The van der Waals surface area contributed by atoms with Gasteiger partial charge in [-0.1, -0.05) is 6.07 Å². The van der Waals surface area contributed by atoms with Gasteiger partial charge in [0.2, 0.25) is 0 Å². The lowest BCUT2D eigenvalue weighted by molar-refractivity contribution is 0.0984. The minimum atomic E-state index is -0.132. The first-order valence-electron chi connectivity index (χ1n) is 5.72. The molecule has 5 nitrogen and oxygen atoms in total. The van der Waals surface area contributed by atoms with Crippen LogP contribution in [0.15, 0.2) is 36.8 Å². The van der Waals surface area contributed by atoms with E-state index in [4.69, 9.17) is 5.73 Å². The van der Waals surface area contributed by atoms with Crippen molar-refractivity contribution in [1.29, 1.82) is 0 Å². The van der Waals surface area contributed by atoms with Crippen molar-refractivity contribution in [3.8, 4) is 0 Å². The SMILES string of the molecule is Nc1ccc2c(c1)N(C(=O)c1cnccn1)CC2. The normalized spacial score (nSPS) is 13.4. The van der Waals surface area contributed by atoms with Gasteiger partial charge in [0, 0.05) is 30.3 Å². The summed E-state index contributed by atoms with van der Waals surface area (Å²) in [4.78, 5) is 22.0. The fourth-order valence-corrected chi connectivity index (χ4v) is 2.16. The van der Waals surface area contributed by atoms with E-state index in [0.29, 0.717) is 17.9 Å². The molecule has 0 aliphatic carbocycles. The van der Waals surface area contributed by atoms with Crippen molar-refractivity contribution >= 4 is 17.3 Å². The van der Waals surface area contributed by atoms with E-state index in [2.05, 4.69) is 9.97 Å². The summed E-state index contributed by atoms with van der Waals surface area (Å²) in [5.74, 6) is -0.132. The van der Waals surface area contributed by atoms with Gasteiger partial charge in [0.05, 0.1) is 6.20 Å². The maximum absolute atomic E-state index is 12.3. The van der Waals surface area contributed by atoms with Crippen molar-refractivity contribution in [2.24, 2.45) is 0 Å². The molecule has 0 atom stereocenters. The van der Waals surface area contributed by atoms with Crippen LogP contribution in [0.1, 0.15) is 16.1 Å². The Hall–Kier alpha value is -2.43. The van der Waals surface area contributed by atoms with Crippen LogP contribution in [0.4, 0.5) is 11.4 Å². The molecule has 18 heavy (non-hydrogen) atoms. The van der Waals surface area contributed by atoms with Gasteiger partial charge in [0.15, 0.2) is 0 Å². The zero-order valence-corrected chi connectivity index (χ0v) is 9.71. The van der Waals surface area contributed by atoms with E-state index >= 15 is 0 Å². The van der Waals surface area contributed by atoms with Crippen LogP contribution in [0.3, 0.4) is 0 Å². The van der Waals surface area contributed by atoms with Crippen molar-refractivity contribution in [1.82, 2.24) is 9.97 Å². The molecule has 1 aromatic carbocycles. The molecule has 0 saturated heterocycles. The highest BCUT2D eigenvalue weighted by molar-refractivity contribution is 6.06. The molecule has 0 radical (unpaired) electrons. The number of hydrogen-bond acceptors (Lipinski definition) is 4. The van der Waals surface area contributed by atoms with Crippen molar-refractivity contribution in [3.05, 3.63) is 48.0 Å². The van der Waals surface area contributed by atoms with Crippen LogP contribution in [0.2, 0.25) is 0 Å². The number of amides is 1. The molecule has 1 aliphatic rings. The number of hydrogen-bond donors (Lipinski definition) is 1. The van der Waals surface area contributed by atoms with Crippen molar-refractivity contribution < 1.29 is 4.79 Å². The Morgan fingerprint density at radius 2 is 2.22 bits per heavy atom. The number of benzene rings is 1.